The number of halogens is 2. The summed E-state index contributed by atoms with van der Waals surface area (Å²) in [5.41, 5.74) is -0.0420. The normalized spacial score (nSPS) is 13.4. The number of carbonyl (C=O) groups is 2. The van der Waals surface area contributed by atoms with Gasteiger partial charge in [-0.2, -0.15) is 0 Å². The minimum Gasteiger partial charge on any atom is -0.420 e. The fourth-order valence-electron chi connectivity index (χ4n) is 3.41. The number of rotatable bonds is 7. The molecule has 2 heterocycles. The Hall–Kier alpha value is -3.99. The highest BCUT2D eigenvalue weighted by Crippen LogP contribution is 2.43. The monoisotopic (exact) mass is 509 g/mol. The summed E-state index contributed by atoms with van der Waals surface area (Å²) in [6.07, 6.45) is 1.99. The predicted octanol–water partition coefficient (Wildman–Crippen LogP) is 5.16. The van der Waals surface area contributed by atoms with Crippen molar-refractivity contribution in [3.8, 4) is 22.0 Å². The Balaban J connectivity index is 1.40. The summed E-state index contributed by atoms with van der Waals surface area (Å²) < 4.78 is 32.5. The van der Waals surface area contributed by atoms with Gasteiger partial charge in [0, 0.05) is 17.0 Å². The van der Waals surface area contributed by atoms with Gasteiger partial charge in [-0.15, -0.1) is 10.2 Å². The lowest BCUT2D eigenvalue weighted by molar-refractivity contribution is -0.120. The van der Waals surface area contributed by atoms with E-state index in [0.29, 0.717) is 22.0 Å². The molecule has 2 amide bonds. The summed E-state index contributed by atoms with van der Waals surface area (Å²) in [4.78, 5) is 30.7. The highest BCUT2D eigenvalue weighted by atomic mass is 32.1. The Morgan fingerprint density at radius 3 is 2.28 bits per heavy atom. The Morgan fingerprint density at radius 2 is 1.64 bits per heavy atom. The Bertz CT molecular complexity index is 1430. The molecule has 2 aromatic heterocycles. The van der Waals surface area contributed by atoms with Gasteiger partial charge in [-0.3, -0.25) is 14.9 Å². The zero-order valence-corrected chi connectivity index (χ0v) is 20.2. The fourth-order valence-corrected chi connectivity index (χ4v) is 4.31. The van der Waals surface area contributed by atoms with Gasteiger partial charge in [-0.1, -0.05) is 11.3 Å². The molecule has 0 saturated heterocycles. The Kier molecular flexibility index (Phi) is 6.09. The summed E-state index contributed by atoms with van der Waals surface area (Å²) in [5, 5.41) is 13.9. The molecule has 2 N–H and O–H groups in total. The number of anilines is 1. The molecule has 184 valence electrons. The molecule has 8 nitrogen and oxygen atoms in total. The zero-order valence-electron chi connectivity index (χ0n) is 19.3. The zero-order chi connectivity index (χ0) is 25.4. The molecule has 0 radical (unpaired) electrons. The topological polar surface area (TPSA) is 110 Å². The highest BCUT2D eigenvalue weighted by molar-refractivity contribution is 7.19. The average molecular weight is 510 g/mol. The first kappa shape index (κ1) is 23.7. The van der Waals surface area contributed by atoms with E-state index in [2.05, 4.69) is 25.8 Å². The number of benzene rings is 2. The molecule has 2 aromatic carbocycles. The van der Waals surface area contributed by atoms with Gasteiger partial charge in [0.2, 0.25) is 5.89 Å². The molecule has 1 aliphatic carbocycles. The summed E-state index contributed by atoms with van der Waals surface area (Å²) in [6.45, 7) is 3.08. The first-order valence-corrected chi connectivity index (χ1v) is 12.0. The van der Waals surface area contributed by atoms with Gasteiger partial charge in [0.1, 0.15) is 22.1 Å². The van der Waals surface area contributed by atoms with Crippen molar-refractivity contribution in [2.45, 2.75) is 38.1 Å². The number of hydrogen-bond acceptors (Lipinski definition) is 7. The molecule has 4 aromatic rings. The van der Waals surface area contributed by atoms with Gasteiger partial charge < -0.3 is 9.73 Å². The van der Waals surface area contributed by atoms with Crippen molar-refractivity contribution in [2.24, 2.45) is 0 Å². The molecule has 0 atom stereocenters. The number of amides is 2. The van der Waals surface area contributed by atoms with Crippen LogP contribution in [0.4, 0.5) is 13.9 Å². The highest BCUT2D eigenvalue weighted by Gasteiger charge is 2.33. The maximum Gasteiger partial charge on any atom is 0.260 e. The van der Waals surface area contributed by atoms with Crippen LogP contribution < -0.4 is 10.6 Å². The first-order valence-electron chi connectivity index (χ1n) is 11.2. The van der Waals surface area contributed by atoms with Crippen LogP contribution in [-0.2, 0) is 4.79 Å². The minimum absolute atomic E-state index is 0.218. The summed E-state index contributed by atoms with van der Waals surface area (Å²) in [5.74, 6) is -0.828. The van der Waals surface area contributed by atoms with E-state index in [1.807, 2.05) is 0 Å². The van der Waals surface area contributed by atoms with Crippen LogP contribution in [0.1, 0.15) is 48.9 Å². The second kappa shape index (κ2) is 9.23. The van der Waals surface area contributed by atoms with E-state index >= 15 is 0 Å². The van der Waals surface area contributed by atoms with Crippen molar-refractivity contribution in [1.29, 1.82) is 0 Å². The number of carbonyl (C=O) groups excluding carboxylic acids is 2. The third kappa shape index (κ3) is 5.01. The van der Waals surface area contributed by atoms with E-state index in [1.165, 1.54) is 36.4 Å². The quantitative estimate of drug-likeness (QED) is 0.356. The van der Waals surface area contributed by atoms with Crippen LogP contribution in [0.2, 0.25) is 0 Å². The molecule has 0 bridgehead atoms. The Morgan fingerprint density at radius 1 is 1.00 bits per heavy atom. The second-order valence-corrected chi connectivity index (χ2v) is 9.96. The van der Waals surface area contributed by atoms with Crippen molar-refractivity contribution in [2.75, 3.05) is 5.32 Å². The van der Waals surface area contributed by atoms with Gasteiger partial charge in [0.05, 0.1) is 5.69 Å². The van der Waals surface area contributed by atoms with E-state index < -0.39 is 29.0 Å². The second-order valence-electron chi connectivity index (χ2n) is 8.96. The maximum atomic E-state index is 13.5. The molecule has 1 fully saturated rings. The molecule has 0 unspecified atom stereocenters. The van der Waals surface area contributed by atoms with Crippen LogP contribution in [0.25, 0.3) is 22.0 Å². The van der Waals surface area contributed by atoms with Crippen molar-refractivity contribution in [3.05, 3.63) is 71.6 Å². The number of hydrogen-bond donors (Lipinski definition) is 2. The fraction of sp³-hybridized carbons (Fsp3) is 0.240. The Labute approximate surface area is 208 Å². The molecule has 11 heteroatoms. The predicted molar refractivity (Wildman–Crippen MR) is 129 cm³/mol. The van der Waals surface area contributed by atoms with Gasteiger partial charge in [-0.25, -0.2) is 13.8 Å². The lowest BCUT2D eigenvalue weighted by Gasteiger charge is -2.24. The molecular weight excluding hydrogens is 488 g/mol. The van der Waals surface area contributed by atoms with E-state index in [0.717, 1.165) is 24.2 Å². The first-order chi connectivity index (χ1) is 17.2. The molecule has 0 spiro atoms. The van der Waals surface area contributed by atoms with Crippen molar-refractivity contribution in [3.63, 3.8) is 0 Å². The van der Waals surface area contributed by atoms with Gasteiger partial charge in [-0.05, 0) is 75.2 Å². The standard InChI is InChI=1S/C25H21F2N5O3S/c1-25(2,30-20(33)14-7-11-17(27)12-8-14)23(34)29-24-28-18(13-5-9-16(26)10-6-13)19(36-24)22-32-31-21(35-22)15-3-4-15/h5-12,15H,3-4H2,1-2H3,(H,30,33)(H,28,29,34). The smallest absolute Gasteiger partial charge is 0.260 e. The summed E-state index contributed by atoms with van der Waals surface area (Å²) in [6, 6.07) is 10.8. The van der Waals surface area contributed by atoms with E-state index in [9.17, 15) is 18.4 Å². The van der Waals surface area contributed by atoms with Crippen LogP contribution >= 0.6 is 11.3 Å². The van der Waals surface area contributed by atoms with E-state index in [4.69, 9.17) is 4.42 Å². The van der Waals surface area contributed by atoms with Crippen LogP contribution in [0.3, 0.4) is 0 Å². The number of nitrogens with one attached hydrogen (secondary N) is 2. The van der Waals surface area contributed by atoms with Gasteiger partial charge in [0.15, 0.2) is 5.13 Å². The molecular formula is C25H21F2N5O3S. The summed E-state index contributed by atoms with van der Waals surface area (Å²) in [7, 11) is 0. The number of thiazole rings is 1. The van der Waals surface area contributed by atoms with Crippen molar-refractivity contribution < 1.29 is 22.8 Å². The van der Waals surface area contributed by atoms with Gasteiger partial charge in [0.25, 0.3) is 17.7 Å². The lowest BCUT2D eigenvalue weighted by Crippen LogP contribution is -2.52. The summed E-state index contributed by atoms with van der Waals surface area (Å²) >= 11 is 1.13. The average Bonchev–Trinajstić information content (AvgIpc) is 3.42. The van der Waals surface area contributed by atoms with Gasteiger partial charge >= 0.3 is 0 Å². The number of aromatic nitrogens is 3. The largest absolute Gasteiger partial charge is 0.420 e. The van der Waals surface area contributed by atoms with Crippen LogP contribution in [-0.4, -0.2) is 32.5 Å². The lowest BCUT2D eigenvalue weighted by atomic mass is 10.0. The SMILES string of the molecule is CC(C)(NC(=O)c1ccc(F)cc1)C(=O)Nc1nc(-c2ccc(F)cc2)c(-c2nnc(C3CC3)o2)s1. The molecule has 5 rings (SSSR count). The van der Waals surface area contributed by atoms with Crippen LogP contribution in [0.15, 0.2) is 52.9 Å². The van der Waals surface area contributed by atoms with Crippen molar-refractivity contribution >= 4 is 28.3 Å². The molecule has 1 saturated carbocycles. The minimum atomic E-state index is -1.32. The third-order valence-corrected chi connectivity index (χ3v) is 6.59. The van der Waals surface area contributed by atoms with E-state index in [-0.39, 0.29) is 22.5 Å². The maximum absolute atomic E-state index is 13.5. The van der Waals surface area contributed by atoms with Crippen LogP contribution in [0.5, 0.6) is 0 Å². The molecule has 1 aliphatic rings. The van der Waals surface area contributed by atoms with Crippen LogP contribution in [0, 0.1) is 11.6 Å². The third-order valence-electron chi connectivity index (χ3n) is 5.63. The number of nitrogens with zero attached hydrogens (tertiary/aromatic N) is 3. The van der Waals surface area contributed by atoms with E-state index in [1.54, 1.807) is 26.0 Å². The molecule has 0 aliphatic heterocycles. The molecule has 36 heavy (non-hydrogen) atoms. The van der Waals surface area contributed by atoms with Crippen molar-refractivity contribution in [1.82, 2.24) is 20.5 Å².